The third kappa shape index (κ3) is 2.70. The van der Waals surface area contributed by atoms with Crippen LogP contribution in [0.5, 0.6) is 0 Å². The number of rotatable bonds is 4. The number of halogens is 2. The summed E-state index contributed by atoms with van der Waals surface area (Å²) in [6, 6.07) is 3.76. The first-order chi connectivity index (χ1) is 8.55. The van der Waals surface area contributed by atoms with Crippen LogP contribution in [0.3, 0.4) is 0 Å². The minimum atomic E-state index is -0.541. The van der Waals surface area contributed by atoms with E-state index in [1.54, 1.807) is 0 Å². The Kier molecular flexibility index (Phi) is 3.97. The smallest absolute Gasteiger partial charge is 0.129 e. The highest BCUT2D eigenvalue weighted by molar-refractivity contribution is 5.20. The van der Waals surface area contributed by atoms with Gasteiger partial charge in [0.05, 0.1) is 5.60 Å². The predicted octanol–water partition coefficient (Wildman–Crippen LogP) is 2.66. The zero-order valence-corrected chi connectivity index (χ0v) is 10.8. The summed E-state index contributed by atoms with van der Waals surface area (Å²) in [5.41, 5.74) is 0.253. The van der Waals surface area contributed by atoms with Crippen LogP contribution in [0.15, 0.2) is 18.2 Å². The molecule has 0 spiro atoms. The molecule has 0 amide bonds. The lowest BCUT2D eigenvalue weighted by Crippen LogP contribution is -2.48. The van der Waals surface area contributed by atoms with E-state index < -0.39 is 11.6 Å². The van der Waals surface area contributed by atoms with Gasteiger partial charge in [0.1, 0.15) is 11.6 Å². The van der Waals surface area contributed by atoms with Crippen LogP contribution in [-0.2, 0) is 11.2 Å². The molecule has 0 aromatic heterocycles. The molecular weight excluding hydrogens is 236 g/mol. The van der Waals surface area contributed by atoms with E-state index in [0.29, 0.717) is 12.0 Å². The van der Waals surface area contributed by atoms with Crippen molar-refractivity contribution in [1.29, 1.82) is 0 Å². The third-order valence-corrected chi connectivity index (χ3v) is 3.77. The molecule has 1 heterocycles. The summed E-state index contributed by atoms with van der Waals surface area (Å²) >= 11 is 0. The molecule has 0 aliphatic carbocycles. The largest absolute Gasteiger partial charge is 0.374 e. The van der Waals surface area contributed by atoms with Crippen molar-refractivity contribution < 1.29 is 13.5 Å². The Balaban J connectivity index is 2.15. The van der Waals surface area contributed by atoms with Crippen molar-refractivity contribution in [2.45, 2.75) is 37.8 Å². The summed E-state index contributed by atoms with van der Waals surface area (Å²) in [6.07, 6.45) is 2.49. The van der Waals surface area contributed by atoms with Crippen LogP contribution < -0.4 is 5.32 Å². The molecule has 100 valence electrons. The molecule has 1 fully saturated rings. The van der Waals surface area contributed by atoms with Crippen LogP contribution in [0.4, 0.5) is 8.78 Å². The van der Waals surface area contributed by atoms with E-state index >= 15 is 0 Å². The van der Waals surface area contributed by atoms with Crippen LogP contribution in [-0.4, -0.2) is 25.3 Å². The quantitative estimate of drug-likeness (QED) is 0.893. The highest BCUT2D eigenvalue weighted by atomic mass is 19.1. The fraction of sp³-hybridized carbons (Fsp3) is 0.571. The Labute approximate surface area is 106 Å². The minimum absolute atomic E-state index is 0.0277. The van der Waals surface area contributed by atoms with Crippen molar-refractivity contribution in [3.63, 3.8) is 0 Å². The molecule has 4 heteroatoms. The maximum atomic E-state index is 13.7. The van der Waals surface area contributed by atoms with Gasteiger partial charge in [-0.2, -0.15) is 0 Å². The molecule has 1 aromatic rings. The van der Waals surface area contributed by atoms with E-state index in [9.17, 15) is 8.78 Å². The second-order valence-corrected chi connectivity index (χ2v) is 5.05. The first-order valence-electron chi connectivity index (χ1n) is 6.30. The molecule has 18 heavy (non-hydrogen) atoms. The van der Waals surface area contributed by atoms with Crippen LogP contribution in [0.2, 0.25) is 0 Å². The van der Waals surface area contributed by atoms with Gasteiger partial charge in [0.25, 0.3) is 0 Å². The average molecular weight is 255 g/mol. The van der Waals surface area contributed by atoms with Gasteiger partial charge in [-0.05, 0) is 44.9 Å². The van der Waals surface area contributed by atoms with Crippen molar-refractivity contribution in [3.8, 4) is 0 Å². The van der Waals surface area contributed by atoms with E-state index in [-0.39, 0.29) is 11.6 Å². The lowest BCUT2D eigenvalue weighted by Gasteiger charge is -2.33. The molecule has 1 aliphatic rings. The topological polar surface area (TPSA) is 21.3 Å². The van der Waals surface area contributed by atoms with Crippen LogP contribution in [0.25, 0.3) is 0 Å². The van der Waals surface area contributed by atoms with Crippen molar-refractivity contribution in [2.75, 3.05) is 13.7 Å². The fourth-order valence-electron chi connectivity index (χ4n) is 2.61. The Morgan fingerprint density at radius 2 is 2.22 bits per heavy atom. The van der Waals surface area contributed by atoms with Crippen molar-refractivity contribution in [1.82, 2.24) is 5.32 Å². The molecular formula is C14H19F2NO. The van der Waals surface area contributed by atoms with Crippen LogP contribution >= 0.6 is 0 Å². The highest BCUT2D eigenvalue weighted by Gasteiger charge is 2.37. The maximum Gasteiger partial charge on any atom is 0.129 e. The number of benzene rings is 1. The minimum Gasteiger partial charge on any atom is -0.374 e. The van der Waals surface area contributed by atoms with Gasteiger partial charge in [-0.25, -0.2) is 8.78 Å². The summed E-state index contributed by atoms with van der Waals surface area (Å²) in [5, 5.41) is 3.19. The molecule has 0 bridgehead atoms. The highest BCUT2D eigenvalue weighted by Crippen LogP contribution is 2.30. The number of likely N-dealkylation sites (N-methyl/N-ethyl adjacent to an activating group) is 1. The van der Waals surface area contributed by atoms with E-state index in [2.05, 4.69) is 5.32 Å². The number of hydrogen-bond acceptors (Lipinski definition) is 2. The standard InChI is InChI=1S/C14H19F2NO/c1-14(6-3-7-18-14)13(17-2)8-10-4-5-11(15)9-12(10)16/h4-5,9,13,17H,3,6-8H2,1-2H3. The van der Waals surface area contributed by atoms with Crippen molar-refractivity contribution >= 4 is 0 Å². The molecule has 1 N–H and O–H groups in total. The third-order valence-electron chi connectivity index (χ3n) is 3.77. The van der Waals surface area contributed by atoms with E-state index in [0.717, 1.165) is 25.5 Å². The second kappa shape index (κ2) is 5.33. The monoisotopic (exact) mass is 255 g/mol. The fourth-order valence-corrected chi connectivity index (χ4v) is 2.61. The lowest BCUT2D eigenvalue weighted by molar-refractivity contribution is -0.00961. The van der Waals surface area contributed by atoms with Gasteiger partial charge in [-0.15, -0.1) is 0 Å². The van der Waals surface area contributed by atoms with Gasteiger partial charge in [-0.1, -0.05) is 6.07 Å². The average Bonchev–Trinajstić information content (AvgIpc) is 2.76. The molecule has 2 nitrogen and oxygen atoms in total. The predicted molar refractivity (Wildman–Crippen MR) is 66.5 cm³/mol. The SMILES string of the molecule is CNC(Cc1ccc(F)cc1F)C1(C)CCCO1. The summed E-state index contributed by atoms with van der Waals surface area (Å²) in [6.45, 7) is 2.79. The number of ether oxygens (including phenoxy) is 1. The van der Waals surface area contributed by atoms with E-state index in [4.69, 9.17) is 4.74 Å². The normalized spacial score (nSPS) is 25.3. The Bertz CT molecular complexity index is 416. The van der Waals surface area contributed by atoms with Gasteiger partial charge in [0.2, 0.25) is 0 Å². The van der Waals surface area contributed by atoms with Gasteiger partial charge in [0.15, 0.2) is 0 Å². The van der Waals surface area contributed by atoms with Crippen LogP contribution in [0, 0.1) is 11.6 Å². The first kappa shape index (κ1) is 13.4. The Hall–Kier alpha value is -1.00. The summed E-state index contributed by atoms with van der Waals surface area (Å²) in [7, 11) is 1.85. The van der Waals surface area contributed by atoms with Gasteiger partial charge < -0.3 is 10.1 Å². The van der Waals surface area contributed by atoms with Crippen LogP contribution in [0.1, 0.15) is 25.3 Å². The van der Waals surface area contributed by atoms with Crippen molar-refractivity contribution in [2.24, 2.45) is 0 Å². The second-order valence-electron chi connectivity index (χ2n) is 5.05. The van der Waals surface area contributed by atoms with E-state index in [1.165, 1.54) is 12.1 Å². The van der Waals surface area contributed by atoms with E-state index in [1.807, 2.05) is 14.0 Å². The molecule has 2 rings (SSSR count). The lowest BCUT2D eigenvalue weighted by atomic mass is 9.88. The molecule has 1 saturated heterocycles. The Morgan fingerprint density at radius 3 is 2.78 bits per heavy atom. The number of hydrogen-bond donors (Lipinski definition) is 1. The molecule has 0 radical (unpaired) electrons. The summed E-state index contributed by atoms with van der Waals surface area (Å²) in [4.78, 5) is 0. The summed E-state index contributed by atoms with van der Waals surface area (Å²) in [5.74, 6) is -1.03. The molecule has 2 atom stereocenters. The number of nitrogens with one attached hydrogen (secondary N) is 1. The van der Waals surface area contributed by atoms with Gasteiger partial charge >= 0.3 is 0 Å². The van der Waals surface area contributed by atoms with Crippen molar-refractivity contribution in [3.05, 3.63) is 35.4 Å². The zero-order valence-electron chi connectivity index (χ0n) is 10.8. The summed E-state index contributed by atoms with van der Waals surface area (Å²) < 4.78 is 32.3. The molecule has 2 unspecified atom stereocenters. The zero-order chi connectivity index (χ0) is 13.2. The van der Waals surface area contributed by atoms with Gasteiger partial charge in [0, 0.05) is 18.7 Å². The Morgan fingerprint density at radius 1 is 1.44 bits per heavy atom. The van der Waals surface area contributed by atoms with Gasteiger partial charge in [-0.3, -0.25) is 0 Å². The maximum absolute atomic E-state index is 13.7. The first-order valence-corrected chi connectivity index (χ1v) is 6.30. The molecule has 1 aliphatic heterocycles. The molecule has 0 saturated carbocycles. The molecule has 1 aromatic carbocycles.